The Hall–Kier alpha value is -1.25. The van der Waals surface area contributed by atoms with Crippen LogP contribution in [0.4, 0.5) is 0 Å². The monoisotopic (exact) mass is 449 g/mol. The number of nitrogens with one attached hydrogen (secondary N) is 1. The van der Waals surface area contributed by atoms with Crippen LogP contribution in [0.3, 0.4) is 0 Å². The van der Waals surface area contributed by atoms with Crippen molar-refractivity contribution in [3.05, 3.63) is 23.2 Å². The Morgan fingerprint density at radius 3 is 2.58 bits per heavy atom. The largest absolute Gasteiger partial charge is 0.465 e. The number of methoxy groups -OCH3 is 1. The highest BCUT2D eigenvalue weighted by atomic mass is 127. The van der Waals surface area contributed by atoms with Gasteiger partial charge in [0.05, 0.1) is 13.7 Å². The number of likely N-dealkylation sites (tertiary alicyclic amines) is 1. The predicted octanol–water partition coefficient (Wildman–Crippen LogP) is 3.05. The average Bonchev–Trinajstić information content (AvgIpc) is 2.87. The van der Waals surface area contributed by atoms with Gasteiger partial charge in [0.1, 0.15) is 17.1 Å². The molecule has 2 unspecified atom stereocenters. The highest BCUT2D eigenvalue weighted by Crippen LogP contribution is 2.21. The molecule has 1 aliphatic rings. The smallest absolute Gasteiger partial charge is 0.341 e. The molecule has 24 heavy (non-hydrogen) atoms. The zero-order valence-electron chi connectivity index (χ0n) is 15.1. The molecule has 0 bridgehead atoms. The zero-order chi connectivity index (χ0) is 17.0. The fourth-order valence-electron chi connectivity index (χ4n) is 3.28. The van der Waals surface area contributed by atoms with Gasteiger partial charge in [0, 0.05) is 20.1 Å². The van der Waals surface area contributed by atoms with Crippen molar-refractivity contribution >= 4 is 35.9 Å². The summed E-state index contributed by atoms with van der Waals surface area (Å²) in [6.07, 6.45) is 1.26. The quantitative estimate of drug-likeness (QED) is 0.333. The second kappa shape index (κ2) is 9.29. The molecule has 0 saturated carbocycles. The number of guanidine groups is 1. The van der Waals surface area contributed by atoms with E-state index in [1.165, 1.54) is 13.5 Å². The van der Waals surface area contributed by atoms with Crippen molar-refractivity contribution < 1.29 is 13.9 Å². The Bertz CT molecular complexity index is 576. The molecule has 7 heteroatoms. The van der Waals surface area contributed by atoms with Crippen molar-refractivity contribution in [2.75, 3.05) is 27.2 Å². The number of hydrogen-bond acceptors (Lipinski definition) is 4. The summed E-state index contributed by atoms with van der Waals surface area (Å²) in [6.45, 7) is 8.81. The third-order valence-corrected chi connectivity index (χ3v) is 4.18. The number of esters is 1. The number of ether oxygens (including phenoxy) is 1. The first-order valence-electron chi connectivity index (χ1n) is 8.07. The van der Waals surface area contributed by atoms with Gasteiger partial charge in [-0.1, -0.05) is 13.8 Å². The maximum Gasteiger partial charge on any atom is 0.341 e. The van der Waals surface area contributed by atoms with Gasteiger partial charge in [-0.15, -0.1) is 24.0 Å². The summed E-state index contributed by atoms with van der Waals surface area (Å²) in [4.78, 5) is 18.3. The van der Waals surface area contributed by atoms with Gasteiger partial charge in [0.2, 0.25) is 0 Å². The molecule has 6 nitrogen and oxygen atoms in total. The van der Waals surface area contributed by atoms with Crippen LogP contribution >= 0.6 is 24.0 Å². The minimum atomic E-state index is -0.374. The number of aliphatic imine (C=N–C) groups is 1. The molecule has 1 N–H and O–H groups in total. The molecule has 1 aliphatic heterocycles. The summed E-state index contributed by atoms with van der Waals surface area (Å²) in [5.41, 5.74) is 0.472. The highest BCUT2D eigenvalue weighted by Gasteiger charge is 2.24. The van der Waals surface area contributed by atoms with Crippen molar-refractivity contribution in [3.8, 4) is 0 Å². The highest BCUT2D eigenvalue weighted by molar-refractivity contribution is 14.0. The van der Waals surface area contributed by atoms with Gasteiger partial charge in [-0.2, -0.15) is 0 Å². The lowest BCUT2D eigenvalue weighted by Gasteiger charge is -2.37. The maximum absolute atomic E-state index is 11.6. The first-order chi connectivity index (χ1) is 10.9. The van der Waals surface area contributed by atoms with Crippen molar-refractivity contribution in [2.24, 2.45) is 16.8 Å². The Morgan fingerprint density at radius 1 is 1.42 bits per heavy atom. The Morgan fingerprint density at radius 2 is 2.04 bits per heavy atom. The number of furan rings is 1. The van der Waals surface area contributed by atoms with Crippen molar-refractivity contribution in [2.45, 2.75) is 33.7 Å². The Balaban J connectivity index is 0.00000288. The standard InChI is InChI=1S/C17H27N3O3.HI/c1-11-6-12(2)10-20(9-11)17(18-4)19-8-14-7-15(13(3)23-14)16(21)22-5;/h7,11-12H,6,8-10H2,1-5H3,(H,18,19);1H. The van der Waals surface area contributed by atoms with Gasteiger partial charge in [-0.25, -0.2) is 4.79 Å². The molecule has 0 spiro atoms. The summed E-state index contributed by atoms with van der Waals surface area (Å²) in [5.74, 6) is 3.09. The van der Waals surface area contributed by atoms with Crippen molar-refractivity contribution in [3.63, 3.8) is 0 Å². The van der Waals surface area contributed by atoms with Gasteiger partial charge >= 0.3 is 5.97 Å². The molecule has 2 heterocycles. The van der Waals surface area contributed by atoms with E-state index in [9.17, 15) is 4.79 Å². The van der Waals surface area contributed by atoms with E-state index in [1.807, 2.05) is 0 Å². The fraction of sp³-hybridized carbons (Fsp3) is 0.647. The van der Waals surface area contributed by atoms with E-state index in [-0.39, 0.29) is 29.9 Å². The van der Waals surface area contributed by atoms with Crippen molar-refractivity contribution in [1.82, 2.24) is 10.2 Å². The van der Waals surface area contributed by atoms with Crippen LogP contribution in [0.5, 0.6) is 0 Å². The SMILES string of the molecule is CN=C(NCc1cc(C(=O)OC)c(C)o1)N1CC(C)CC(C)C1.I. The minimum Gasteiger partial charge on any atom is -0.465 e. The Labute approximate surface area is 161 Å². The molecular weight excluding hydrogens is 421 g/mol. The molecule has 0 radical (unpaired) electrons. The number of aryl methyl sites for hydroxylation is 1. The van der Waals surface area contributed by atoms with E-state index in [4.69, 9.17) is 9.15 Å². The third-order valence-electron chi connectivity index (χ3n) is 4.18. The van der Waals surface area contributed by atoms with E-state index in [0.29, 0.717) is 35.5 Å². The summed E-state index contributed by atoms with van der Waals surface area (Å²) in [7, 11) is 3.16. The predicted molar refractivity (Wildman–Crippen MR) is 105 cm³/mol. The molecule has 1 aromatic rings. The molecule has 0 aromatic carbocycles. The molecule has 136 valence electrons. The first kappa shape index (κ1) is 20.8. The van der Waals surface area contributed by atoms with Gasteiger partial charge in [-0.3, -0.25) is 4.99 Å². The number of hydrogen-bond donors (Lipinski definition) is 1. The molecule has 1 saturated heterocycles. The van der Waals surface area contributed by atoms with Crippen LogP contribution in [-0.2, 0) is 11.3 Å². The summed E-state index contributed by atoms with van der Waals surface area (Å²) in [5, 5.41) is 3.32. The van der Waals surface area contributed by atoms with Crippen LogP contribution in [0, 0.1) is 18.8 Å². The number of halogens is 1. The number of carbonyl (C=O) groups is 1. The number of piperidine rings is 1. The van der Waals surface area contributed by atoms with E-state index < -0.39 is 0 Å². The molecular formula is C17H28IN3O3. The van der Waals surface area contributed by atoms with E-state index in [0.717, 1.165) is 19.0 Å². The average molecular weight is 449 g/mol. The molecule has 1 aromatic heterocycles. The number of carbonyl (C=O) groups excluding carboxylic acids is 1. The van der Waals surface area contributed by atoms with Gasteiger partial charge < -0.3 is 19.4 Å². The molecule has 2 rings (SSSR count). The van der Waals surface area contributed by atoms with E-state index in [1.54, 1.807) is 20.0 Å². The van der Waals surface area contributed by atoms with Crippen LogP contribution < -0.4 is 5.32 Å². The maximum atomic E-state index is 11.6. The topological polar surface area (TPSA) is 67.1 Å². The fourth-order valence-corrected chi connectivity index (χ4v) is 3.28. The van der Waals surface area contributed by atoms with Crippen molar-refractivity contribution in [1.29, 1.82) is 0 Å². The normalized spacial score (nSPS) is 21.2. The lowest BCUT2D eigenvalue weighted by atomic mass is 9.92. The number of nitrogens with zero attached hydrogens (tertiary/aromatic N) is 2. The third kappa shape index (κ3) is 5.12. The van der Waals surface area contributed by atoms with Crippen LogP contribution in [0.2, 0.25) is 0 Å². The lowest BCUT2D eigenvalue weighted by molar-refractivity contribution is 0.0599. The summed E-state index contributed by atoms with van der Waals surface area (Å²) < 4.78 is 10.4. The minimum absolute atomic E-state index is 0. The first-order valence-corrected chi connectivity index (χ1v) is 8.07. The molecule has 0 amide bonds. The zero-order valence-corrected chi connectivity index (χ0v) is 17.4. The summed E-state index contributed by atoms with van der Waals surface area (Å²) >= 11 is 0. The van der Waals surface area contributed by atoms with Gasteiger partial charge in [-0.05, 0) is 31.2 Å². The molecule has 0 aliphatic carbocycles. The van der Waals surface area contributed by atoms with Crippen LogP contribution in [0.15, 0.2) is 15.5 Å². The Kier molecular flexibility index (Phi) is 8.05. The molecule has 1 fully saturated rings. The van der Waals surface area contributed by atoms with E-state index in [2.05, 4.69) is 29.1 Å². The van der Waals surface area contributed by atoms with Gasteiger partial charge in [0.25, 0.3) is 0 Å². The van der Waals surface area contributed by atoms with Gasteiger partial charge in [0.15, 0.2) is 5.96 Å². The van der Waals surface area contributed by atoms with Crippen LogP contribution in [0.25, 0.3) is 0 Å². The van der Waals surface area contributed by atoms with Crippen LogP contribution in [-0.4, -0.2) is 44.1 Å². The second-order valence-electron chi connectivity index (χ2n) is 6.43. The van der Waals surface area contributed by atoms with Crippen LogP contribution in [0.1, 0.15) is 42.1 Å². The lowest BCUT2D eigenvalue weighted by Crippen LogP contribution is -2.48. The molecule has 2 atom stereocenters. The second-order valence-corrected chi connectivity index (χ2v) is 6.43. The van der Waals surface area contributed by atoms with E-state index >= 15 is 0 Å². The summed E-state index contributed by atoms with van der Waals surface area (Å²) in [6, 6.07) is 1.73. The number of rotatable bonds is 3.